The molecule has 0 aliphatic rings. The van der Waals surface area contributed by atoms with Crippen LogP contribution >= 0.6 is 11.5 Å². The molecule has 1 nitrogen and oxygen atoms in total. The summed E-state index contributed by atoms with van der Waals surface area (Å²) in [6.45, 7) is 0. The fraction of sp³-hybridized carbons (Fsp3) is 0. The second-order valence-electron chi connectivity index (χ2n) is 0.860. The van der Waals surface area contributed by atoms with Crippen LogP contribution < -0.4 is 29.6 Å². The molecule has 0 saturated heterocycles. The Hall–Kier alpha value is 0.850. The summed E-state index contributed by atoms with van der Waals surface area (Å²) in [6.07, 6.45) is 1.67. The Balaban J connectivity index is 0.000000360. The molecule has 0 atom stereocenters. The zero-order valence-corrected chi connectivity index (χ0v) is 7.55. The van der Waals surface area contributed by atoms with Crippen LogP contribution in [0, 0.1) is 0 Å². The summed E-state index contributed by atoms with van der Waals surface area (Å²) in [6, 6.07) is 0. The number of nitrogens with zero attached hydrogens (tertiary/aromatic N) is 1. The number of hydrogen-bond donors (Lipinski definition) is 0. The van der Waals surface area contributed by atoms with Gasteiger partial charge in [-0.15, -0.1) is 4.90 Å². The Morgan fingerprint density at radius 2 is 2.43 bits per heavy atom. The molecule has 0 saturated carbocycles. The van der Waals surface area contributed by atoms with Gasteiger partial charge in [-0.05, 0) is 16.9 Å². The van der Waals surface area contributed by atoms with Gasteiger partial charge in [-0.1, -0.05) is 0 Å². The minimum absolute atomic E-state index is 0. The minimum Gasteiger partial charge on any atom is -0.777 e. The summed E-state index contributed by atoms with van der Waals surface area (Å²) in [4.78, 5) is 0.833. The summed E-state index contributed by atoms with van der Waals surface area (Å²) >= 11 is 6.08. The van der Waals surface area contributed by atoms with Gasteiger partial charge in [0.1, 0.15) is 0 Å². The first-order chi connectivity index (χ1) is 2.89. The van der Waals surface area contributed by atoms with Crippen LogP contribution in [0.1, 0.15) is 0 Å². The van der Waals surface area contributed by atoms with Crippen molar-refractivity contribution in [3.8, 4) is 0 Å². The Kier molecular flexibility index (Phi) is 4.27. The third-order valence-electron chi connectivity index (χ3n) is 0.410. The molecule has 0 N–H and O–H groups in total. The van der Waals surface area contributed by atoms with Crippen LogP contribution in [-0.2, 0) is 12.6 Å². The first kappa shape index (κ1) is 7.85. The van der Waals surface area contributed by atoms with Crippen LogP contribution in [0.25, 0.3) is 0 Å². The van der Waals surface area contributed by atoms with Gasteiger partial charge in [0.25, 0.3) is 0 Å². The molecule has 0 spiro atoms. The van der Waals surface area contributed by atoms with Crippen molar-refractivity contribution in [2.24, 2.45) is 0 Å². The van der Waals surface area contributed by atoms with E-state index in [0.29, 0.717) is 0 Å². The van der Waals surface area contributed by atoms with Gasteiger partial charge >= 0.3 is 29.6 Å². The SMILES string of the molecule is [Na+].[S-]c1cnsc1. The van der Waals surface area contributed by atoms with Crippen molar-refractivity contribution < 1.29 is 29.6 Å². The molecule has 0 radical (unpaired) electrons. The van der Waals surface area contributed by atoms with Crippen molar-refractivity contribution in [3.05, 3.63) is 11.6 Å². The molecule has 1 aromatic heterocycles. The predicted molar refractivity (Wildman–Crippen MR) is 27.7 cm³/mol. The molecule has 0 aromatic carbocycles. The molecule has 0 aliphatic heterocycles. The van der Waals surface area contributed by atoms with Crippen LogP contribution in [-0.4, -0.2) is 4.37 Å². The standard InChI is InChI=1S/C3H3NS2.Na/c5-3-1-4-6-2-3;/h1-2,5H;/q;+1/p-1. The maximum Gasteiger partial charge on any atom is 1.00 e. The Morgan fingerprint density at radius 1 is 1.71 bits per heavy atom. The van der Waals surface area contributed by atoms with E-state index in [1.54, 1.807) is 6.20 Å². The van der Waals surface area contributed by atoms with Gasteiger partial charge in [-0.25, -0.2) is 4.37 Å². The number of hydrogen-bond acceptors (Lipinski definition) is 3. The molecule has 1 rings (SSSR count). The van der Waals surface area contributed by atoms with Crippen molar-refractivity contribution in [1.82, 2.24) is 4.37 Å². The first-order valence-corrected chi connectivity index (χ1v) is 2.70. The third kappa shape index (κ3) is 2.61. The molecule has 7 heavy (non-hydrogen) atoms. The third-order valence-corrected chi connectivity index (χ3v) is 1.37. The van der Waals surface area contributed by atoms with Gasteiger partial charge in [-0.3, -0.25) is 0 Å². The van der Waals surface area contributed by atoms with Gasteiger partial charge in [0.05, 0.1) is 0 Å². The average molecular weight is 139 g/mol. The number of rotatable bonds is 0. The normalized spacial score (nSPS) is 7.43. The molecule has 0 bridgehead atoms. The van der Waals surface area contributed by atoms with Crippen molar-refractivity contribution in [2.75, 3.05) is 0 Å². The Bertz CT molecular complexity index is 116. The Morgan fingerprint density at radius 3 is 2.57 bits per heavy atom. The molecule has 4 heteroatoms. The van der Waals surface area contributed by atoms with Crippen molar-refractivity contribution >= 4 is 24.2 Å². The van der Waals surface area contributed by atoms with Crippen LogP contribution in [0.5, 0.6) is 0 Å². The second kappa shape index (κ2) is 3.80. The summed E-state index contributed by atoms with van der Waals surface area (Å²) in [5, 5.41) is 1.83. The van der Waals surface area contributed by atoms with E-state index in [0.717, 1.165) is 4.90 Å². The van der Waals surface area contributed by atoms with Crippen LogP contribution in [0.15, 0.2) is 16.5 Å². The van der Waals surface area contributed by atoms with E-state index in [1.807, 2.05) is 5.38 Å². The predicted octanol–water partition coefficient (Wildman–Crippen LogP) is -1.95. The largest absolute Gasteiger partial charge is 1.00 e. The van der Waals surface area contributed by atoms with Crippen molar-refractivity contribution in [3.63, 3.8) is 0 Å². The monoisotopic (exact) mass is 139 g/mol. The Labute approximate surface area is 74.0 Å². The van der Waals surface area contributed by atoms with Gasteiger partial charge < -0.3 is 12.6 Å². The molecule has 1 heterocycles. The fourth-order valence-corrected chi connectivity index (χ4v) is 0.844. The van der Waals surface area contributed by atoms with Crippen molar-refractivity contribution in [2.45, 2.75) is 4.90 Å². The van der Waals surface area contributed by atoms with E-state index in [2.05, 4.69) is 4.37 Å². The fourth-order valence-electron chi connectivity index (χ4n) is 0.195. The van der Waals surface area contributed by atoms with Crippen molar-refractivity contribution in [1.29, 1.82) is 0 Å². The average Bonchev–Trinajstić information content (AvgIpc) is 1.86. The van der Waals surface area contributed by atoms with Gasteiger partial charge in [0.15, 0.2) is 0 Å². The topological polar surface area (TPSA) is 12.9 Å². The van der Waals surface area contributed by atoms with Crippen LogP contribution in [0.4, 0.5) is 0 Å². The minimum atomic E-state index is 0. The molecule has 0 aliphatic carbocycles. The first-order valence-electron chi connectivity index (χ1n) is 1.46. The van der Waals surface area contributed by atoms with Crippen LogP contribution in [0.3, 0.4) is 0 Å². The zero-order chi connectivity index (χ0) is 4.41. The summed E-state index contributed by atoms with van der Waals surface area (Å²) in [5.41, 5.74) is 0. The van der Waals surface area contributed by atoms with Crippen LogP contribution in [0.2, 0.25) is 0 Å². The molecule has 1 aromatic rings. The summed E-state index contributed by atoms with van der Waals surface area (Å²) in [5.74, 6) is 0. The molecule has 0 unspecified atom stereocenters. The van der Waals surface area contributed by atoms with E-state index in [9.17, 15) is 0 Å². The summed E-state index contributed by atoms with van der Waals surface area (Å²) in [7, 11) is 0. The van der Waals surface area contributed by atoms with E-state index < -0.39 is 0 Å². The number of aromatic nitrogens is 1. The van der Waals surface area contributed by atoms with E-state index in [-0.39, 0.29) is 29.6 Å². The van der Waals surface area contributed by atoms with E-state index >= 15 is 0 Å². The molecular weight excluding hydrogens is 137 g/mol. The van der Waals surface area contributed by atoms with E-state index in [4.69, 9.17) is 12.6 Å². The van der Waals surface area contributed by atoms with Gasteiger partial charge in [0, 0.05) is 6.20 Å². The second-order valence-corrected chi connectivity index (χ2v) is 1.99. The summed E-state index contributed by atoms with van der Waals surface area (Å²) < 4.78 is 3.76. The van der Waals surface area contributed by atoms with Gasteiger partial charge in [0.2, 0.25) is 0 Å². The van der Waals surface area contributed by atoms with E-state index in [1.165, 1.54) is 11.5 Å². The maximum absolute atomic E-state index is 4.69. The zero-order valence-electron chi connectivity index (χ0n) is 3.92. The molecule has 32 valence electrons. The molecule has 0 fully saturated rings. The molecule has 0 amide bonds. The molecular formula is C3H2NNaS2. The smallest absolute Gasteiger partial charge is 0.777 e. The van der Waals surface area contributed by atoms with Gasteiger partial charge in [-0.2, -0.15) is 0 Å². The quantitative estimate of drug-likeness (QED) is 0.306. The maximum atomic E-state index is 4.69.